The molecule has 4 aromatic carbocycles. The molecule has 2 atom stereocenters. The molecule has 2 fully saturated rings. The lowest BCUT2D eigenvalue weighted by atomic mass is 9.68. The van der Waals surface area contributed by atoms with Gasteiger partial charge >= 0.3 is 11.9 Å². The molecule has 0 radical (unpaired) electrons. The van der Waals surface area contributed by atoms with Gasteiger partial charge in [0, 0.05) is 23.7 Å². The van der Waals surface area contributed by atoms with Gasteiger partial charge in [0.25, 0.3) is 0 Å². The minimum atomic E-state index is -0.639. The molecule has 0 saturated carbocycles. The third-order valence-corrected chi connectivity index (χ3v) is 13.5. The molecule has 350 valence electrons. The Morgan fingerprint density at radius 3 is 1.28 bits per heavy atom. The van der Waals surface area contributed by atoms with Crippen LogP contribution in [0.5, 0.6) is 11.5 Å². The molecular formula is C55H70O10. The van der Waals surface area contributed by atoms with Gasteiger partial charge in [0.1, 0.15) is 24.7 Å². The fourth-order valence-electron chi connectivity index (χ4n) is 9.14. The summed E-state index contributed by atoms with van der Waals surface area (Å²) in [4.78, 5) is 25.7. The predicted molar refractivity (Wildman–Crippen MR) is 252 cm³/mol. The molecule has 2 saturated heterocycles. The molecule has 2 aliphatic heterocycles. The third-order valence-electron chi connectivity index (χ3n) is 13.5. The summed E-state index contributed by atoms with van der Waals surface area (Å²) in [5.74, 6) is 0.893. The first-order valence-corrected chi connectivity index (χ1v) is 24.1. The number of carbonyl (C=O) groups is 2. The molecule has 10 heteroatoms. The van der Waals surface area contributed by atoms with Crippen LogP contribution in [0.2, 0.25) is 0 Å². The molecule has 0 aromatic heterocycles. The number of hydrogen-bond donors (Lipinski definition) is 0. The number of esters is 2. The van der Waals surface area contributed by atoms with Crippen LogP contribution >= 0.6 is 0 Å². The van der Waals surface area contributed by atoms with Crippen LogP contribution in [0.3, 0.4) is 0 Å². The van der Waals surface area contributed by atoms with Crippen LogP contribution in [0.4, 0.5) is 0 Å². The van der Waals surface area contributed by atoms with Crippen molar-refractivity contribution < 1.29 is 47.5 Å². The summed E-state index contributed by atoms with van der Waals surface area (Å²) >= 11 is 0. The molecule has 2 unspecified atom stereocenters. The van der Waals surface area contributed by atoms with E-state index in [2.05, 4.69) is 100 Å². The van der Waals surface area contributed by atoms with Crippen molar-refractivity contribution in [3.05, 3.63) is 119 Å². The van der Waals surface area contributed by atoms with Crippen molar-refractivity contribution in [2.75, 3.05) is 66.1 Å². The van der Waals surface area contributed by atoms with E-state index in [9.17, 15) is 9.59 Å². The second-order valence-electron chi connectivity index (χ2n) is 18.4. The average molecular weight is 891 g/mol. The minimum absolute atomic E-state index is 0.0268. The van der Waals surface area contributed by atoms with Gasteiger partial charge in [-0.2, -0.15) is 0 Å². The molecular weight excluding hydrogens is 821 g/mol. The van der Waals surface area contributed by atoms with Crippen molar-refractivity contribution in [2.45, 2.75) is 110 Å². The Bertz CT molecular complexity index is 1940. The molecule has 1 aliphatic carbocycles. The highest BCUT2D eigenvalue weighted by Gasteiger charge is 2.46. The molecule has 0 spiro atoms. The molecule has 7 rings (SSSR count). The molecule has 0 amide bonds. The van der Waals surface area contributed by atoms with E-state index in [-0.39, 0.29) is 49.2 Å². The number of hydrogen-bond acceptors (Lipinski definition) is 10. The lowest BCUT2D eigenvalue weighted by molar-refractivity contribution is -0.168. The Labute approximate surface area is 386 Å². The first-order chi connectivity index (χ1) is 31.8. The molecule has 0 bridgehead atoms. The largest absolute Gasteiger partial charge is 0.490 e. The molecule has 65 heavy (non-hydrogen) atoms. The number of rotatable bonds is 28. The Balaban J connectivity index is 1.09. The molecule has 4 aromatic rings. The summed E-state index contributed by atoms with van der Waals surface area (Å²) in [5, 5.41) is 0. The van der Waals surface area contributed by atoms with Crippen LogP contribution in [-0.4, -0.2) is 90.2 Å². The van der Waals surface area contributed by atoms with Crippen molar-refractivity contribution in [3.8, 4) is 22.6 Å². The monoisotopic (exact) mass is 890 g/mol. The highest BCUT2D eigenvalue weighted by atomic mass is 16.6. The summed E-state index contributed by atoms with van der Waals surface area (Å²) < 4.78 is 47.9. The fourth-order valence-corrected chi connectivity index (χ4v) is 9.14. The first-order valence-electron chi connectivity index (χ1n) is 24.1. The lowest BCUT2D eigenvalue weighted by Crippen LogP contribution is -2.46. The van der Waals surface area contributed by atoms with Gasteiger partial charge in [0.15, 0.2) is 12.2 Å². The van der Waals surface area contributed by atoms with E-state index in [4.69, 9.17) is 37.9 Å². The maximum atomic E-state index is 12.9. The van der Waals surface area contributed by atoms with Crippen LogP contribution in [0, 0.1) is 10.8 Å². The third kappa shape index (κ3) is 11.6. The topological polar surface area (TPSA) is 108 Å². The van der Waals surface area contributed by atoms with Gasteiger partial charge in [0.05, 0.1) is 58.3 Å². The highest BCUT2D eigenvalue weighted by molar-refractivity contribution is 5.86. The van der Waals surface area contributed by atoms with Gasteiger partial charge < -0.3 is 37.9 Å². The Morgan fingerprint density at radius 2 is 0.923 bits per heavy atom. The summed E-state index contributed by atoms with van der Waals surface area (Å²) in [7, 11) is 0. The number of fused-ring (bicyclic) bond motifs is 3. The number of ether oxygens (including phenoxy) is 8. The van der Waals surface area contributed by atoms with E-state index in [1.54, 1.807) is 0 Å². The first kappa shape index (κ1) is 48.2. The smallest absolute Gasteiger partial charge is 0.306 e. The second kappa shape index (κ2) is 23.1. The molecule has 2 heterocycles. The fraction of sp³-hybridized carbons (Fsp3) is 0.527. The van der Waals surface area contributed by atoms with Gasteiger partial charge in [-0.05, 0) is 83.3 Å². The second-order valence-corrected chi connectivity index (χ2v) is 18.4. The molecule has 0 N–H and O–H groups in total. The van der Waals surface area contributed by atoms with Crippen molar-refractivity contribution in [2.24, 2.45) is 10.8 Å². The summed E-state index contributed by atoms with van der Waals surface area (Å²) in [6.07, 6.45) is 7.24. The number of carbonyl (C=O) groups excluding carboxylic acids is 2. The zero-order chi connectivity index (χ0) is 45.5. The van der Waals surface area contributed by atoms with Crippen molar-refractivity contribution in [1.82, 2.24) is 0 Å². The van der Waals surface area contributed by atoms with Crippen molar-refractivity contribution in [3.63, 3.8) is 0 Å². The van der Waals surface area contributed by atoms with Crippen LogP contribution in [0.15, 0.2) is 97.1 Å². The quantitative estimate of drug-likeness (QED) is 0.0356. The van der Waals surface area contributed by atoms with Gasteiger partial charge in [-0.25, -0.2) is 0 Å². The van der Waals surface area contributed by atoms with E-state index in [1.165, 1.54) is 22.3 Å². The molecule has 10 nitrogen and oxygen atoms in total. The maximum absolute atomic E-state index is 12.9. The summed E-state index contributed by atoms with van der Waals surface area (Å²) in [6, 6.07) is 33.8. The van der Waals surface area contributed by atoms with Gasteiger partial charge in [-0.3, -0.25) is 9.59 Å². The van der Waals surface area contributed by atoms with Crippen LogP contribution in [0.1, 0.15) is 114 Å². The van der Waals surface area contributed by atoms with Gasteiger partial charge in [-0.1, -0.05) is 126 Å². The highest BCUT2D eigenvalue weighted by Crippen LogP contribution is 2.56. The van der Waals surface area contributed by atoms with E-state index in [0.29, 0.717) is 64.0 Å². The molecule has 3 aliphatic rings. The van der Waals surface area contributed by atoms with Gasteiger partial charge in [0.2, 0.25) is 0 Å². The van der Waals surface area contributed by atoms with Crippen molar-refractivity contribution >= 4 is 11.9 Å². The SMILES string of the molecule is CCCCCC(=O)OC(COCC1(CC)COC1)COc1ccc(C2(c3ccc(OCC(COCC4(CC)COC4)OC(=O)CCCCC)cc3)c3ccccc3-c3ccccc32)cc1. The minimum Gasteiger partial charge on any atom is -0.490 e. The Hall–Kier alpha value is -4.74. The summed E-state index contributed by atoms with van der Waals surface area (Å²) in [5.41, 5.74) is 6.33. The number of benzene rings is 4. The van der Waals surface area contributed by atoms with Crippen molar-refractivity contribution in [1.29, 1.82) is 0 Å². The predicted octanol–water partition coefficient (Wildman–Crippen LogP) is 10.7. The number of unbranched alkanes of at least 4 members (excludes halogenated alkanes) is 4. The van der Waals surface area contributed by atoms with E-state index in [0.717, 1.165) is 62.5 Å². The normalized spacial score (nSPS) is 17.1. The van der Waals surface area contributed by atoms with Crippen LogP contribution in [0.25, 0.3) is 11.1 Å². The Kier molecular flexibility index (Phi) is 17.1. The van der Waals surface area contributed by atoms with Crippen LogP contribution < -0.4 is 9.47 Å². The van der Waals surface area contributed by atoms with E-state index < -0.39 is 17.6 Å². The lowest BCUT2D eigenvalue weighted by Gasteiger charge is -2.40. The zero-order valence-electron chi connectivity index (χ0n) is 39.1. The van der Waals surface area contributed by atoms with Gasteiger partial charge in [-0.15, -0.1) is 0 Å². The summed E-state index contributed by atoms with van der Waals surface area (Å²) in [6.45, 7) is 13.3. The van der Waals surface area contributed by atoms with E-state index >= 15 is 0 Å². The average Bonchev–Trinajstić information content (AvgIpc) is 3.60. The zero-order valence-corrected chi connectivity index (χ0v) is 39.1. The standard InChI is InChI=1S/C55H70O10/c1-5-9-11-21-51(56)64-45(31-58-35-53(7-3)37-60-38-53)33-62-43-27-23-41(24-28-43)55(49-19-15-13-17-47(49)48-18-14-16-20-50(48)55)42-25-29-44(30-26-42)63-34-46(65-52(57)22-12-10-6-2)32-59-36-54(8-4)39-61-40-54/h13-20,23-30,45-46H,5-12,21-22,31-40H2,1-4H3. The maximum Gasteiger partial charge on any atom is 0.306 e. The van der Waals surface area contributed by atoms with E-state index in [1.807, 2.05) is 24.3 Å². The van der Waals surface area contributed by atoms with Crippen LogP contribution in [-0.2, 0) is 43.4 Å². The Morgan fingerprint density at radius 1 is 0.523 bits per heavy atom.